The minimum Gasteiger partial charge on any atom is -0.497 e. The van der Waals surface area contributed by atoms with Gasteiger partial charge >= 0.3 is 5.97 Å². The predicted molar refractivity (Wildman–Crippen MR) is 79.9 cm³/mol. The van der Waals surface area contributed by atoms with Gasteiger partial charge in [-0.25, -0.2) is 0 Å². The molecule has 0 bridgehead atoms. The second-order valence-electron chi connectivity index (χ2n) is 5.38. The Balaban J connectivity index is 2.21. The summed E-state index contributed by atoms with van der Waals surface area (Å²) in [7, 11) is 3.03. The SMILES string of the molecule is COC(=O)C1CCN(c2cc(OC)ccc2C=O)CC1C. The molecule has 1 aliphatic rings. The monoisotopic (exact) mass is 291 g/mol. The highest BCUT2D eigenvalue weighted by molar-refractivity contribution is 5.85. The molecule has 1 heterocycles. The number of carbonyl (C=O) groups excluding carboxylic acids is 2. The van der Waals surface area contributed by atoms with Crippen LogP contribution in [-0.2, 0) is 9.53 Å². The Labute approximate surface area is 124 Å². The smallest absolute Gasteiger partial charge is 0.309 e. The Kier molecular flexibility index (Phi) is 4.83. The zero-order valence-electron chi connectivity index (χ0n) is 12.7. The molecule has 5 heteroatoms. The van der Waals surface area contributed by atoms with E-state index in [1.807, 2.05) is 13.0 Å². The molecule has 1 aromatic rings. The molecule has 2 rings (SSSR count). The molecule has 114 valence electrons. The van der Waals surface area contributed by atoms with E-state index < -0.39 is 0 Å². The van der Waals surface area contributed by atoms with Crippen LogP contribution in [0.15, 0.2) is 18.2 Å². The van der Waals surface area contributed by atoms with Gasteiger partial charge in [-0.05, 0) is 24.5 Å². The predicted octanol–water partition coefficient (Wildman–Crippen LogP) is 2.14. The normalized spacial score (nSPS) is 21.8. The zero-order valence-corrected chi connectivity index (χ0v) is 12.7. The minimum atomic E-state index is -0.150. The summed E-state index contributed by atoms with van der Waals surface area (Å²) >= 11 is 0. The number of aldehydes is 1. The molecule has 0 spiro atoms. The lowest BCUT2D eigenvalue weighted by molar-refractivity contribution is -0.147. The van der Waals surface area contributed by atoms with Gasteiger partial charge in [0.1, 0.15) is 5.75 Å². The fourth-order valence-corrected chi connectivity index (χ4v) is 2.89. The third-order valence-corrected chi connectivity index (χ3v) is 4.11. The second kappa shape index (κ2) is 6.61. The van der Waals surface area contributed by atoms with Crippen molar-refractivity contribution in [1.82, 2.24) is 0 Å². The molecule has 5 nitrogen and oxygen atoms in total. The summed E-state index contributed by atoms with van der Waals surface area (Å²) in [5, 5.41) is 0. The van der Waals surface area contributed by atoms with E-state index >= 15 is 0 Å². The molecule has 1 aliphatic heterocycles. The number of carbonyl (C=O) groups is 2. The van der Waals surface area contributed by atoms with Crippen LogP contribution in [0.3, 0.4) is 0 Å². The largest absolute Gasteiger partial charge is 0.497 e. The van der Waals surface area contributed by atoms with E-state index in [4.69, 9.17) is 9.47 Å². The van der Waals surface area contributed by atoms with Crippen molar-refractivity contribution in [3.8, 4) is 5.75 Å². The van der Waals surface area contributed by atoms with Gasteiger partial charge in [0.15, 0.2) is 6.29 Å². The van der Waals surface area contributed by atoms with Crippen LogP contribution in [0.4, 0.5) is 5.69 Å². The van der Waals surface area contributed by atoms with Crippen molar-refractivity contribution in [1.29, 1.82) is 0 Å². The Morgan fingerprint density at radius 2 is 2.14 bits per heavy atom. The van der Waals surface area contributed by atoms with Crippen LogP contribution in [0, 0.1) is 11.8 Å². The Morgan fingerprint density at radius 3 is 2.71 bits per heavy atom. The molecule has 1 aromatic carbocycles. The number of hydrogen-bond acceptors (Lipinski definition) is 5. The number of methoxy groups -OCH3 is 2. The maximum atomic E-state index is 11.7. The summed E-state index contributed by atoms with van der Waals surface area (Å²) in [5.41, 5.74) is 1.50. The molecule has 1 saturated heterocycles. The first kappa shape index (κ1) is 15.4. The lowest BCUT2D eigenvalue weighted by Crippen LogP contribution is -2.42. The van der Waals surface area contributed by atoms with Crippen molar-refractivity contribution < 1.29 is 19.1 Å². The summed E-state index contributed by atoms with van der Waals surface area (Å²) in [6.07, 6.45) is 1.58. The van der Waals surface area contributed by atoms with E-state index in [1.165, 1.54) is 7.11 Å². The first-order valence-corrected chi connectivity index (χ1v) is 7.06. The highest BCUT2D eigenvalue weighted by Crippen LogP contribution is 2.31. The summed E-state index contributed by atoms with van der Waals surface area (Å²) in [5.74, 6) is 0.676. The highest BCUT2D eigenvalue weighted by atomic mass is 16.5. The molecule has 0 radical (unpaired) electrons. The molecule has 1 fully saturated rings. The van der Waals surface area contributed by atoms with Crippen LogP contribution in [0.25, 0.3) is 0 Å². The van der Waals surface area contributed by atoms with Crippen LogP contribution in [0.1, 0.15) is 23.7 Å². The number of rotatable bonds is 4. The zero-order chi connectivity index (χ0) is 15.4. The molecule has 2 unspecified atom stereocenters. The fraction of sp³-hybridized carbons (Fsp3) is 0.500. The van der Waals surface area contributed by atoms with Gasteiger partial charge < -0.3 is 14.4 Å². The van der Waals surface area contributed by atoms with Crippen molar-refractivity contribution in [3.05, 3.63) is 23.8 Å². The molecule has 2 atom stereocenters. The number of nitrogens with zero attached hydrogens (tertiary/aromatic N) is 1. The first-order chi connectivity index (χ1) is 10.1. The molecule has 0 aliphatic carbocycles. The number of esters is 1. The van der Waals surface area contributed by atoms with Crippen molar-refractivity contribution in [2.24, 2.45) is 11.8 Å². The summed E-state index contributed by atoms with van der Waals surface area (Å²) in [6.45, 7) is 3.47. The number of benzene rings is 1. The molecule has 0 amide bonds. The van der Waals surface area contributed by atoms with Crippen LogP contribution in [0.5, 0.6) is 5.75 Å². The summed E-state index contributed by atoms with van der Waals surface area (Å²) in [6, 6.07) is 5.41. The van der Waals surface area contributed by atoms with Gasteiger partial charge in [0.2, 0.25) is 0 Å². The number of piperidine rings is 1. The average Bonchev–Trinajstić information content (AvgIpc) is 2.53. The van der Waals surface area contributed by atoms with E-state index in [0.717, 1.165) is 30.7 Å². The number of ether oxygens (including phenoxy) is 2. The van der Waals surface area contributed by atoms with Gasteiger partial charge in [0.25, 0.3) is 0 Å². The lowest BCUT2D eigenvalue weighted by atomic mass is 9.86. The lowest BCUT2D eigenvalue weighted by Gasteiger charge is -2.37. The molecular weight excluding hydrogens is 270 g/mol. The van der Waals surface area contributed by atoms with E-state index in [0.29, 0.717) is 12.1 Å². The quantitative estimate of drug-likeness (QED) is 0.628. The highest BCUT2D eigenvalue weighted by Gasteiger charge is 2.32. The van der Waals surface area contributed by atoms with Crippen molar-refractivity contribution in [2.75, 3.05) is 32.2 Å². The maximum Gasteiger partial charge on any atom is 0.309 e. The molecule has 0 aromatic heterocycles. The third-order valence-electron chi connectivity index (χ3n) is 4.11. The van der Waals surface area contributed by atoms with Gasteiger partial charge in [0.05, 0.1) is 25.8 Å². The third kappa shape index (κ3) is 3.17. The van der Waals surface area contributed by atoms with E-state index in [-0.39, 0.29) is 17.8 Å². The second-order valence-corrected chi connectivity index (χ2v) is 5.38. The standard InChI is InChI=1S/C16H21NO4/c1-11-9-17(7-6-14(11)16(19)21-3)15-8-13(20-2)5-4-12(15)10-18/h4-5,8,10-11,14H,6-7,9H2,1-3H3. The summed E-state index contributed by atoms with van der Waals surface area (Å²) in [4.78, 5) is 25.1. The van der Waals surface area contributed by atoms with Crippen LogP contribution < -0.4 is 9.64 Å². The Bertz CT molecular complexity index is 529. The van der Waals surface area contributed by atoms with Gasteiger partial charge in [-0.15, -0.1) is 0 Å². The van der Waals surface area contributed by atoms with Crippen LogP contribution >= 0.6 is 0 Å². The molecule has 0 saturated carbocycles. The van der Waals surface area contributed by atoms with Crippen LogP contribution in [-0.4, -0.2) is 39.6 Å². The Morgan fingerprint density at radius 1 is 1.38 bits per heavy atom. The Hall–Kier alpha value is -2.04. The van der Waals surface area contributed by atoms with Gasteiger partial charge in [-0.1, -0.05) is 6.92 Å². The molecule has 0 N–H and O–H groups in total. The molecular formula is C16H21NO4. The van der Waals surface area contributed by atoms with Crippen molar-refractivity contribution in [2.45, 2.75) is 13.3 Å². The van der Waals surface area contributed by atoms with Crippen molar-refractivity contribution in [3.63, 3.8) is 0 Å². The van der Waals surface area contributed by atoms with Gasteiger partial charge in [-0.2, -0.15) is 0 Å². The maximum absolute atomic E-state index is 11.7. The topological polar surface area (TPSA) is 55.8 Å². The number of hydrogen-bond donors (Lipinski definition) is 0. The van der Waals surface area contributed by atoms with E-state index in [9.17, 15) is 9.59 Å². The van der Waals surface area contributed by atoms with Crippen molar-refractivity contribution >= 4 is 17.9 Å². The first-order valence-electron chi connectivity index (χ1n) is 7.06. The minimum absolute atomic E-state index is 0.0726. The van der Waals surface area contributed by atoms with E-state index in [1.54, 1.807) is 19.2 Å². The van der Waals surface area contributed by atoms with Crippen LogP contribution in [0.2, 0.25) is 0 Å². The van der Waals surface area contributed by atoms with Gasteiger partial charge in [-0.3, -0.25) is 9.59 Å². The fourth-order valence-electron chi connectivity index (χ4n) is 2.89. The van der Waals surface area contributed by atoms with Gasteiger partial charge in [0, 0.05) is 24.7 Å². The molecule has 21 heavy (non-hydrogen) atoms. The summed E-state index contributed by atoms with van der Waals surface area (Å²) < 4.78 is 10.1. The average molecular weight is 291 g/mol. The number of anilines is 1. The van der Waals surface area contributed by atoms with E-state index in [2.05, 4.69) is 4.90 Å².